The number of rotatable bonds is 26. The van der Waals surface area contributed by atoms with Crippen LogP contribution in [-0.4, -0.2) is 168 Å². The molecule has 0 bridgehead atoms. The van der Waals surface area contributed by atoms with E-state index >= 15 is 14.4 Å². The van der Waals surface area contributed by atoms with E-state index in [9.17, 15) is 43.5 Å². The lowest BCUT2D eigenvalue weighted by atomic mass is 9.98. The number of fused-ring (bicyclic) bond motifs is 4. The van der Waals surface area contributed by atoms with Crippen LogP contribution in [0.3, 0.4) is 0 Å². The second-order valence-corrected chi connectivity index (χ2v) is 29.8. The number of aliphatic carboxylic acids is 1. The third kappa shape index (κ3) is 21.3. The number of benzene rings is 4. The summed E-state index contributed by atoms with van der Waals surface area (Å²) in [6.45, 7) is 22.9. The van der Waals surface area contributed by atoms with Gasteiger partial charge in [-0.25, -0.2) is 33.6 Å². The van der Waals surface area contributed by atoms with Crippen LogP contribution in [0.2, 0.25) is 0 Å². The van der Waals surface area contributed by atoms with E-state index in [-0.39, 0.29) is 43.9 Å². The van der Waals surface area contributed by atoms with Crippen LogP contribution in [0.5, 0.6) is 5.75 Å². The summed E-state index contributed by atoms with van der Waals surface area (Å²) >= 11 is 0. The molecule has 546 valence electrons. The van der Waals surface area contributed by atoms with Crippen molar-refractivity contribution in [3.63, 3.8) is 0 Å². The van der Waals surface area contributed by atoms with Crippen LogP contribution in [0, 0.1) is 5.92 Å². The average molecular weight is 1410 g/mol. The maximum absolute atomic E-state index is 15.6. The van der Waals surface area contributed by atoms with E-state index in [1.165, 1.54) is 17.0 Å². The van der Waals surface area contributed by atoms with Gasteiger partial charge >= 0.3 is 24.2 Å². The van der Waals surface area contributed by atoms with Gasteiger partial charge in [0.15, 0.2) is 0 Å². The standard InChI is InChI=1S/C75H94N10O17/c1-43(2)33-57(68(93)94)78-61(86)37-76-63(88)54(34-44-27-29-47(30-28-44)100-73(6,7)8)79-66(91)58(41-99-72(3,4)5)82-64(89)55(35-45-38-84(70(96)102-75(12,13)14)59-26-20-19-21-48(45)59)80-65(90)56(36-46-39-83(42-77-46)69(95)101-74(9,10)11)81-67(92)60-31-32-62(87)85(60)71(97)98-40-53-51-24-17-15-22-49(51)50-23-16-18-25-52(50)53/h15-30,38-39,42-43,53-58,60H,31-37,40-41H2,1-14H3,(H,76,88)(H,78,86)(H,79,91)(H,80,90)(H,81,92)(H,82,89)(H,93,94)/t54-,55-,56-,57-,58-,60-/m0/s1. The van der Waals surface area contributed by atoms with Gasteiger partial charge in [-0.1, -0.05) is 92.7 Å². The third-order valence-electron chi connectivity index (χ3n) is 16.3. The molecule has 4 aromatic carbocycles. The number of nitrogens with zero attached hydrogens (tertiary/aromatic N) is 4. The third-order valence-corrected chi connectivity index (χ3v) is 16.3. The Kier molecular flexibility index (Phi) is 24.6. The Morgan fingerprint density at radius 3 is 1.74 bits per heavy atom. The molecule has 0 radical (unpaired) electrons. The zero-order chi connectivity index (χ0) is 74.8. The number of hydrogen-bond acceptors (Lipinski definition) is 17. The number of ether oxygens (including phenoxy) is 5. The highest BCUT2D eigenvalue weighted by atomic mass is 16.6. The molecule has 1 saturated heterocycles. The van der Waals surface area contributed by atoms with Gasteiger partial charge in [0.25, 0.3) is 0 Å². The van der Waals surface area contributed by atoms with Gasteiger partial charge in [-0.15, -0.1) is 0 Å². The first-order valence-electron chi connectivity index (χ1n) is 34.0. The summed E-state index contributed by atoms with van der Waals surface area (Å²) in [4.78, 5) is 161. The number of imidazole rings is 1. The Hall–Kier alpha value is -10.4. The Balaban J connectivity index is 1.13. The number of carboxylic acid groups (broad SMARTS) is 1. The normalized spacial score (nSPS) is 15.4. The molecule has 0 unspecified atom stereocenters. The fourth-order valence-electron chi connectivity index (χ4n) is 11.8. The Labute approximate surface area is 592 Å². The molecule has 2 aromatic heterocycles. The lowest BCUT2D eigenvalue weighted by Gasteiger charge is -2.29. The smallest absolute Gasteiger partial charge is 0.419 e. The number of aromatic nitrogens is 3. The number of carbonyl (C=O) groups is 11. The summed E-state index contributed by atoms with van der Waals surface area (Å²) < 4.78 is 31.6. The van der Waals surface area contributed by atoms with E-state index in [1.807, 2.05) is 69.3 Å². The molecule has 27 heteroatoms. The predicted molar refractivity (Wildman–Crippen MR) is 376 cm³/mol. The molecule has 102 heavy (non-hydrogen) atoms. The lowest BCUT2D eigenvalue weighted by molar-refractivity contribution is -0.142. The molecule has 2 aliphatic rings. The summed E-state index contributed by atoms with van der Waals surface area (Å²) in [5.41, 5.74) is 1.55. The highest BCUT2D eigenvalue weighted by Crippen LogP contribution is 2.45. The van der Waals surface area contributed by atoms with Gasteiger partial charge in [-0.2, -0.15) is 0 Å². The number of hydrogen-bond donors (Lipinski definition) is 7. The van der Waals surface area contributed by atoms with Crippen molar-refractivity contribution in [3.05, 3.63) is 144 Å². The Bertz CT molecular complexity index is 4050. The van der Waals surface area contributed by atoms with Gasteiger partial charge in [0.05, 0.1) is 30.0 Å². The molecule has 0 spiro atoms. The fraction of sp³-hybridized carbons (Fsp3) is 0.467. The molecule has 8 rings (SSSR count). The van der Waals surface area contributed by atoms with Crippen molar-refractivity contribution in [2.75, 3.05) is 19.8 Å². The zero-order valence-corrected chi connectivity index (χ0v) is 60.2. The van der Waals surface area contributed by atoms with Crippen LogP contribution in [0.15, 0.2) is 116 Å². The fourth-order valence-corrected chi connectivity index (χ4v) is 11.8. The van der Waals surface area contributed by atoms with Crippen LogP contribution in [0.25, 0.3) is 22.0 Å². The van der Waals surface area contributed by atoms with Gasteiger partial charge in [-0.05, 0) is 153 Å². The largest absolute Gasteiger partial charge is 0.488 e. The van der Waals surface area contributed by atoms with Gasteiger partial charge in [-0.3, -0.25) is 38.1 Å². The maximum atomic E-state index is 15.6. The highest BCUT2D eigenvalue weighted by Gasteiger charge is 2.44. The zero-order valence-electron chi connectivity index (χ0n) is 60.2. The molecule has 7 N–H and O–H groups in total. The monoisotopic (exact) mass is 1410 g/mol. The number of carbonyl (C=O) groups excluding carboxylic acids is 10. The number of nitrogens with one attached hydrogen (secondary N) is 6. The first-order chi connectivity index (χ1) is 47.8. The van der Waals surface area contributed by atoms with E-state index in [4.69, 9.17) is 23.7 Å². The van der Waals surface area contributed by atoms with E-state index in [0.29, 0.717) is 32.7 Å². The Morgan fingerprint density at radius 2 is 1.15 bits per heavy atom. The topological polar surface area (TPSA) is 352 Å². The van der Waals surface area contributed by atoms with Crippen LogP contribution in [-0.2, 0) is 76.6 Å². The minimum Gasteiger partial charge on any atom is -0.488 e. The van der Waals surface area contributed by atoms with E-state index < -0.39 is 156 Å². The van der Waals surface area contributed by atoms with Crippen LogP contribution >= 0.6 is 0 Å². The molecule has 6 aromatic rings. The maximum Gasteiger partial charge on any atom is 0.419 e. The first-order valence-corrected chi connectivity index (χ1v) is 34.0. The van der Waals surface area contributed by atoms with Crippen molar-refractivity contribution in [2.45, 2.75) is 200 Å². The van der Waals surface area contributed by atoms with Crippen LogP contribution in [0.4, 0.5) is 14.4 Å². The van der Waals surface area contributed by atoms with Crippen LogP contribution < -0.4 is 36.6 Å². The molecule has 6 atom stereocenters. The molecule has 1 aliphatic heterocycles. The summed E-state index contributed by atoms with van der Waals surface area (Å²) in [5.74, 6) is -7.71. The van der Waals surface area contributed by atoms with Crippen LogP contribution in [0.1, 0.15) is 150 Å². The molecular formula is C75H94N10O17. The summed E-state index contributed by atoms with van der Waals surface area (Å²) in [6, 6.07) is 19.4. The molecular weight excluding hydrogens is 1310 g/mol. The van der Waals surface area contributed by atoms with E-state index in [2.05, 4.69) is 36.9 Å². The van der Waals surface area contributed by atoms with Gasteiger partial charge in [0, 0.05) is 49.4 Å². The molecule has 1 aliphatic carbocycles. The average Bonchev–Trinajstić information content (AvgIpc) is 1.64. The SMILES string of the molecule is CC(C)C[C@H](NC(=O)CNC(=O)[C@H](Cc1ccc(OC(C)(C)C)cc1)NC(=O)[C@H](COC(C)(C)C)NC(=O)[C@H](Cc1cn(C(=O)OC(C)(C)C)c2ccccc12)NC(=O)[C@H](Cc1cn(C(=O)OC(C)(C)C)cn1)NC(=O)[C@@H]1CCC(=O)N1C(=O)OCC1c2ccccc2-c2ccccc21)C(=O)O. The highest BCUT2D eigenvalue weighted by molar-refractivity contribution is 6.03. The van der Waals surface area contributed by atoms with Crippen molar-refractivity contribution in [3.8, 4) is 16.9 Å². The summed E-state index contributed by atoms with van der Waals surface area (Å²) in [7, 11) is 0. The van der Waals surface area contributed by atoms with Gasteiger partial charge < -0.3 is 60.7 Å². The van der Waals surface area contributed by atoms with Crippen molar-refractivity contribution in [2.24, 2.45) is 5.92 Å². The summed E-state index contributed by atoms with van der Waals surface area (Å²) in [6.07, 6.45) is -0.266. The molecule has 27 nitrogen and oxygen atoms in total. The van der Waals surface area contributed by atoms with Crippen molar-refractivity contribution in [1.29, 1.82) is 0 Å². The minimum absolute atomic E-state index is 0.0543. The molecule has 0 saturated carbocycles. The second-order valence-electron chi connectivity index (χ2n) is 29.8. The first kappa shape index (κ1) is 77.3. The van der Waals surface area contributed by atoms with E-state index in [0.717, 1.165) is 33.1 Å². The van der Waals surface area contributed by atoms with E-state index in [1.54, 1.807) is 125 Å². The predicted octanol–water partition coefficient (Wildman–Crippen LogP) is 8.04. The number of carboxylic acids is 1. The Morgan fingerprint density at radius 1 is 0.588 bits per heavy atom. The molecule has 3 heterocycles. The van der Waals surface area contributed by atoms with Gasteiger partial charge in [0.1, 0.15) is 71.7 Å². The lowest BCUT2D eigenvalue weighted by Crippen LogP contribution is -2.61. The number of amides is 8. The van der Waals surface area contributed by atoms with Crippen molar-refractivity contribution >= 4 is 76.5 Å². The van der Waals surface area contributed by atoms with Crippen molar-refractivity contribution < 1.29 is 81.5 Å². The molecule has 8 amide bonds. The van der Waals surface area contributed by atoms with Crippen molar-refractivity contribution in [1.82, 2.24) is 50.9 Å². The summed E-state index contributed by atoms with van der Waals surface area (Å²) in [5, 5.41) is 26.1. The molecule has 1 fully saturated rings. The van der Waals surface area contributed by atoms with Gasteiger partial charge in [0.2, 0.25) is 41.4 Å². The second kappa shape index (κ2) is 32.5. The number of para-hydroxylation sites is 1. The number of likely N-dealkylation sites (tertiary alicyclic amines) is 1. The minimum atomic E-state index is -1.74. The number of imide groups is 1. The quantitative estimate of drug-likeness (QED) is 0.0253.